The van der Waals surface area contributed by atoms with E-state index in [4.69, 9.17) is 14.2 Å². The van der Waals surface area contributed by atoms with Crippen molar-refractivity contribution in [1.82, 2.24) is 10.2 Å². The number of carbonyl (C=O) groups excluding carboxylic acids is 1. The Balaban J connectivity index is 1.71. The summed E-state index contributed by atoms with van der Waals surface area (Å²) in [6, 6.07) is 12.5. The van der Waals surface area contributed by atoms with Crippen LogP contribution in [0.2, 0.25) is 0 Å². The van der Waals surface area contributed by atoms with Crippen molar-refractivity contribution >= 4 is 11.9 Å². The van der Waals surface area contributed by atoms with Crippen LogP contribution in [0.15, 0.2) is 42.5 Å². The quantitative estimate of drug-likeness (QED) is 0.683. The van der Waals surface area contributed by atoms with E-state index in [1.54, 1.807) is 7.11 Å². The molecule has 0 aromatic heterocycles. The summed E-state index contributed by atoms with van der Waals surface area (Å²) in [5.74, 6) is -0.136. The van der Waals surface area contributed by atoms with E-state index in [0.29, 0.717) is 23.8 Å². The van der Waals surface area contributed by atoms with Gasteiger partial charge in [-0.05, 0) is 49.2 Å². The summed E-state index contributed by atoms with van der Waals surface area (Å²) in [5.41, 5.74) is 1.69. The van der Waals surface area contributed by atoms with Crippen LogP contribution in [-0.4, -0.2) is 54.9 Å². The molecule has 2 aromatic rings. The molecule has 8 heteroatoms. The molecular formula is C24H28N2O6. The Kier molecular flexibility index (Phi) is 6.23. The summed E-state index contributed by atoms with van der Waals surface area (Å²) >= 11 is 0. The van der Waals surface area contributed by atoms with Crippen LogP contribution in [0.25, 0.3) is 0 Å². The van der Waals surface area contributed by atoms with Crippen molar-refractivity contribution in [1.29, 1.82) is 0 Å². The Morgan fingerprint density at radius 2 is 1.81 bits per heavy atom. The number of nitrogens with one attached hydrogen (secondary N) is 1. The third-order valence-electron chi connectivity index (χ3n) is 5.96. The fourth-order valence-corrected chi connectivity index (χ4v) is 4.62. The normalized spacial score (nSPS) is 22.2. The van der Waals surface area contributed by atoms with E-state index in [-0.39, 0.29) is 31.2 Å². The predicted molar refractivity (Wildman–Crippen MR) is 117 cm³/mol. The number of benzene rings is 2. The largest absolute Gasteiger partial charge is 0.497 e. The molecule has 4 rings (SSSR count). The number of aliphatic carboxylic acids is 1. The average Bonchev–Trinajstić information content (AvgIpc) is 3.37. The van der Waals surface area contributed by atoms with Crippen LogP contribution in [0.5, 0.6) is 17.2 Å². The minimum Gasteiger partial charge on any atom is -0.497 e. The molecule has 1 amide bonds. The molecule has 0 bridgehead atoms. The topological polar surface area (TPSA) is 97.3 Å². The number of nitrogens with zero attached hydrogens (tertiary/aromatic N) is 1. The fourth-order valence-electron chi connectivity index (χ4n) is 4.62. The van der Waals surface area contributed by atoms with E-state index < -0.39 is 17.9 Å². The van der Waals surface area contributed by atoms with Crippen LogP contribution in [0.4, 0.5) is 0 Å². The van der Waals surface area contributed by atoms with Gasteiger partial charge in [-0.1, -0.05) is 18.2 Å². The maximum Gasteiger partial charge on any atom is 0.309 e. The first-order valence-electron chi connectivity index (χ1n) is 10.7. The molecule has 32 heavy (non-hydrogen) atoms. The smallest absolute Gasteiger partial charge is 0.309 e. The minimum atomic E-state index is -0.903. The Hall–Kier alpha value is -3.26. The highest BCUT2D eigenvalue weighted by atomic mass is 16.7. The zero-order chi connectivity index (χ0) is 22.8. The number of hydrogen-bond acceptors (Lipinski definition) is 6. The van der Waals surface area contributed by atoms with E-state index >= 15 is 0 Å². The van der Waals surface area contributed by atoms with Gasteiger partial charge in [-0.15, -0.1) is 0 Å². The highest BCUT2D eigenvalue weighted by molar-refractivity contribution is 5.79. The first kappa shape index (κ1) is 22.0. The number of fused-ring (bicyclic) bond motifs is 1. The number of carbonyl (C=O) groups is 2. The maximum absolute atomic E-state index is 12.6. The van der Waals surface area contributed by atoms with E-state index in [2.05, 4.69) is 5.32 Å². The van der Waals surface area contributed by atoms with Gasteiger partial charge in [0.05, 0.1) is 19.6 Å². The lowest BCUT2D eigenvalue weighted by molar-refractivity contribution is -0.143. The molecule has 170 valence electrons. The van der Waals surface area contributed by atoms with Crippen LogP contribution >= 0.6 is 0 Å². The molecule has 2 N–H and O–H groups in total. The molecule has 0 aliphatic carbocycles. The highest BCUT2D eigenvalue weighted by Crippen LogP contribution is 2.47. The van der Waals surface area contributed by atoms with Crippen molar-refractivity contribution in [2.45, 2.75) is 31.8 Å². The monoisotopic (exact) mass is 440 g/mol. The lowest BCUT2D eigenvalue weighted by Gasteiger charge is -2.27. The van der Waals surface area contributed by atoms with Crippen molar-refractivity contribution in [2.24, 2.45) is 5.92 Å². The van der Waals surface area contributed by atoms with Gasteiger partial charge < -0.3 is 24.6 Å². The van der Waals surface area contributed by atoms with Crippen molar-refractivity contribution in [3.63, 3.8) is 0 Å². The summed E-state index contributed by atoms with van der Waals surface area (Å²) in [4.78, 5) is 27.1. The van der Waals surface area contributed by atoms with E-state index in [9.17, 15) is 14.7 Å². The van der Waals surface area contributed by atoms with Gasteiger partial charge in [0.15, 0.2) is 11.5 Å². The SMILES string of the molecule is COc1ccc([C@@H]2[C@@H](C(=O)O)C(c3ccc4c(c3)OCO4)CN2CC(=O)NC(C)C)cc1. The van der Waals surface area contributed by atoms with Crippen molar-refractivity contribution in [3.05, 3.63) is 53.6 Å². The molecule has 2 aliphatic heterocycles. The van der Waals surface area contributed by atoms with E-state index in [1.807, 2.05) is 61.2 Å². The standard InChI is InChI=1S/C24H28N2O6/c1-14(2)25-21(27)12-26-11-18(16-6-9-19-20(10-16)32-13-31-19)22(24(28)29)23(26)15-4-7-17(30-3)8-5-15/h4-10,14,18,22-23H,11-13H2,1-3H3,(H,25,27)(H,28,29)/t18?,22-,23+/m0/s1. The number of ether oxygens (including phenoxy) is 3. The van der Waals surface area contributed by atoms with Gasteiger partial charge in [-0.2, -0.15) is 0 Å². The summed E-state index contributed by atoms with van der Waals surface area (Å²) in [5, 5.41) is 13.2. The maximum atomic E-state index is 12.6. The minimum absolute atomic E-state index is 0.00414. The van der Waals surface area contributed by atoms with Gasteiger partial charge in [0, 0.05) is 24.5 Å². The molecule has 0 radical (unpaired) electrons. The van der Waals surface area contributed by atoms with Gasteiger partial charge in [0.2, 0.25) is 12.7 Å². The Morgan fingerprint density at radius 1 is 1.12 bits per heavy atom. The molecule has 1 fully saturated rings. The second-order valence-corrected chi connectivity index (χ2v) is 8.45. The Morgan fingerprint density at radius 3 is 2.47 bits per heavy atom. The molecule has 2 aliphatic rings. The van der Waals surface area contributed by atoms with Crippen LogP contribution in [0.1, 0.15) is 36.9 Å². The van der Waals surface area contributed by atoms with E-state index in [1.165, 1.54) is 0 Å². The van der Waals surface area contributed by atoms with Gasteiger partial charge in [0.1, 0.15) is 5.75 Å². The number of carboxylic acids is 1. The summed E-state index contributed by atoms with van der Waals surface area (Å²) in [6.07, 6.45) is 0. The zero-order valence-electron chi connectivity index (χ0n) is 18.4. The summed E-state index contributed by atoms with van der Waals surface area (Å²) < 4.78 is 16.2. The first-order chi connectivity index (χ1) is 15.4. The molecule has 1 saturated heterocycles. The number of likely N-dealkylation sites (tertiary alicyclic amines) is 1. The molecule has 0 spiro atoms. The Labute approximate surface area is 187 Å². The lowest BCUT2D eigenvalue weighted by atomic mass is 9.82. The summed E-state index contributed by atoms with van der Waals surface area (Å²) in [6.45, 7) is 4.50. The molecule has 8 nitrogen and oxygen atoms in total. The first-order valence-corrected chi connectivity index (χ1v) is 10.7. The van der Waals surface area contributed by atoms with E-state index in [0.717, 1.165) is 11.1 Å². The zero-order valence-corrected chi connectivity index (χ0v) is 18.4. The number of rotatable bonds is 7. The van der Waals surface area contributed by atoms with Gasteiger partial charge in [-0.25, -0.2) is 0 Å². The molecule has 2 heterocycles. The van der Waals surface area contributed by atoms with Crippen molar-refractivity contribution in [2.75, 3.05) is 27.0 Å². The molecule has 3 atom stereocenters. The van der Waals surface area contributed by atoms with Crippen LogP contribution < -0.4 is 19.5 Å². The third-order valence-corrected chi connectivity index (χ3v) is 5.96. The Bertz CT molecular complexity index is 990. The summed E-state index contributed by atoms with van der Waals surface area (Å²) in [7, 11) is 1.59. The molecule has 2 aromatic carbocycles. The predicted octanol–water partition coefficient (Wildman–Crippen LogP) is 2.79. The second kappa shape index (κ2) is 9.08. The lowest BCUT2D eigenvalue weighted by Crippen LogP contribution is -2.40. The van der Waals surface area contributed by atoms with Crippen molar-refractivity contribution in [3.8, 4) is 17.2 Å². The van der Waals surface area contributed by atoms with Crippen LogP contribution in [-0.2, 0) is 9.59 Å². The van der Waals surface area contributed by atoms with Crippen LogP contribution in [0.3, 0.4) is 0 Å². The molecule has 1 unspecified atom stereocenters. The van der Waals surface area contributed by atoms with Crippen molar-refractivity contribution < 1.29 is 28.9 Å². The number of amides is 1. The molecular weight excluding hydrogens is 412 g/mol. The number of methoxy groups -OCH3 is 1. The highest BCUT2D eigenvalue weighted by Gasteiger charge is 2.48. The number of hydrogen-bond donors (Lipinski definition) is 2. The fraction of sp³-hybridized carbons (Fsp3) is 0.417. The van der Waals surface area contributed by atoms with Gasteiger partial charge in [-0.3, -0.25) is 14.5 Å². The third kappa shape index (κ3) is 4.36. The number of carboxylic acid groups (broad SMARTS) is 1. The van der Waals surface area contributed by atoms with Gasteiger partial charge >= 0.3 is 5.97 Å². The molecule has 0 saturated carbocycles. The van der Waals surface area contributed by atoms with Crippen LogP contribution in [0, 0.1) is 5.92 Å². The second-order valence-electron chi connectivity index (χ2n) is 8.45. The average molecular weight is 440 g/mol. The van der Waals surface area contributed by atoms with Gasteiger partial charge in [0.25, 0.3) is 0 Å².